The third kappa shape index (κ3) is 3.05. The van der Waals surface area contributed by atoms with Crippen molar-refractivity contribution < 1.29 is 0 Å². The van der Waals surface area contributed by atoms with Gasteiger partial charge in [0.05, 0.1) is 0 Å². The molecular weight excluding hydrogens is 248 g/mol. The Labute approximate surface area is 122 Å². The highest BCUT2D eigenvalue weighted by Crippen LogP contribution is 2.30. The zero-order valence-corrected chi connectivity index (χ0v) is 13.5. The molecule has 2 N–H and O–H groups in total. The summed E-state index contributed by atoms with van der Waals surface area (Å²) in [7, 11) is 0. The first-order valence-corrected chi connectivity index (χ1v) is 7.72. The number of anilines is 2. The van der Waals surface area contributed by atoms with Crippen LogP contribution < -0.4 is 10.6 Å². The highest BCUT2D eigenvalue weighted by atomic mass is 15.2. The summed E-state index contributed by atoms with van der Waals surface area (Å²) in [6.07, 6.45) is 3.81. The van der Waals surface area contributed by atoms with Crippen molar-refractivity contribution >= 4 is 11.6 Å². The Bertz CT molecular complexity index is 476. The van der Waals surface area contributed by atoms with Gasteiger partial charge in [-0.2, -0.15) is 0 Å². The fourth-order valence-corrected chi connectivity index (χ4v) is 2.76. The van der Waals surface area contributed by atoms with Crippen molar-refractivity contribution in [3.05, 3.63) is 11.4 Å². The number of aromatic nitrogens is 2. The average Bonchev–Trinajstić information content (AvgIpc) is 2.40. The largest absolute Gasteiger partial charge is 0.383 e. The lowest BCUT2D eigenvalue weighted by molar-refractivity contribution is 0.401. The number of nitrogens with zero attached hydrogens (tertiary/aromatic N) is 3. The van der Waals surface area contributed by atoms with Crippen LogP contribution in [0.25, 0.3) is 0 Å². The molecule has 1 aromatic rings. The van der Waals surface area contributed by atoms with Crippen LogP contribution in [0.4, 0.5) is 11.6 Å². The summed E-state index contributed by atoms with van der Waals surface area (Å²) in [6, 6.07) is 0. The van der Waals surface area contributed by atoms with E-state index in [9.17, 15) is 0 Å². The van der Waals surface area contributed by atoms with Crippen LogP contribution in [-0.2, 0) is 5.41 Å². The number of nitrogens with two attached hydrogens (primary N) is 1. The molecule has 1 aliphatic rings. The molecule has 2 heterocycles. The van der Waals surface area contributed by atoms with Gasteiger partial charge in [0, 0.05) is 24.1 Å². The van der Waals surface area contributed by atoms with Gasteiger partial charge in [0.1, 0.15) is 17.5 Å². The summed E-state index contributed by atoms with van der Waals surface area (Å²) >= 11 is 0. The standard InChI is InChI=1S/C16H28N4/c1-6-12-8-7-9-20(10-12)14-11(2)13(17)18-15(19-14)16(3,4)5/h12H,6-10H2,1-5H3,(H2,17,18,19). The second kappa shape index (κ2) is 5.58. The van der Waals surface area contributed by atoms with Crippen molar-refractivity contribution in [1.29, 1.82) is 0 Å². The molecule has 1 fully saturated rings. The van der Waals surface area contributed by atoms with Gasteiger partial charge in [-0.3, -0.25) is 0 Å². The third-order valence-corrected chi connectivity index (χ3v) is 4.22. The van der Waals surface area contributed by atoms with Gasteiger partial charge in [0.2, 0.25) is 0 Å². The smallest absolute Gasteiger partial charge is 0.138 e. The molecule has 20 heavy (non-hydrogen) atoms. The van der Waals surface area contributed by atoms with Gasteiger partial charge in [-0.25, -0.2) is 9.97 Å². The zero-order chi connectivity index (χ0) is 14.9. The van der Waals surface area contributed by atoms with E-state index in [2.05, 4.69) is 37.6 Å². The van der Waals surface area contributed by atoms with E-state index in [1.54, 1.807) is 0 Å². The van der Waals surface area contributed by atoms with E-state index in [0.717, 1.165) is 36.2 Å². The minimum atomic E-state index is -0.0729. The first kappa shape index (κ1) is 15.1. The third-order valence-electron chi connectivity index (χ3n) is 4.22. The second-order valence-electron chi connectivity index (χ2n) is 6.99. The van der Waals surface area contributed by atoms with Crippen LogP contribution in [0.2, 0.25) is 0 Å². The van der Waals surface area contributed by atoms with Crippen LogP contribution >= 0.6 is 0 Å². The van der Waals surface area contributed by atoms with Crippen molar-refractivity contribution in [2.75, 3.05) is 23.7 Å². The van der Waals surface area contributed by atoms with Crippen LogP contribution in [0.5, 0.6) is 0 Å². The maximum Gasteiger partial charge on any atom is 0.138 e. The SMILES string of the molecule is CCC1CCCN(c2nc(C(C)(C)C)nc(N)c2C)C1. The quantitative estimate of drug-likeness (QED) is 0.900. The molecule has 1 aliphatic heterocycles. The fraction of sp³-hybridized carbons (Fsp3) is 0.750. The Kier molecular flexibility index (Phi) is 4.21. The van der Waals surface area contributed by atoms with E-state index in [1.807, 2.05) is 6.92 Å². The van der Waals surface area contributed by atoms with Gasteiger partial charge < -0.3 is 10.6 Å². The topological polar surface area (TPSA) is 55.0 Å². The van der Waals surface area contributed by atoms with Crippen LogP contribution in [0, 0.1) is 12.8 Å². The van der Waals surface area contributed by atoms with Gasteiger partial charge in [-0.1, -0.05) is 34.1 Å². The molecule has 0 amide bonds. The lowest BCUT2D eigenvalue weighted by Crippen LogP contribution is -2.37. The van der Waals surface area contributed by atoms with Crippen molar-refractivity contribution in [2.45, 2.75) is 59.3 Å². The molecule has 0 spiro atoms. The van der Waals surface area contributed by atoms with E-state index in [-0.39, 0.29) is 5.41 Å². The van der Waals surface area contributed by atoms with Gasteiger partial charge in [-0.05, 0) is 25.7 Å². The molecule has 112 valence electrons. The van der Waals surface area contributed by atoms with Crippen molar-refractivity contribution in [3.8, 4) is 0 Å². The van der Waals surface area contributed by atoms with Gasteiger partial charge in [0.15, 0.2) is 0 Å². The summed E-state index contributed by atoms with van der Waals surface area (Å²) in [5.74, 6) is 3.28. The molecule has 0 radical (unpaired) electrons. The van der Waals surface area contributed by atoms with Crippen molar-refractivity contribution in [1.82, 2.24) is 9.97 Å². The first-order chi connectivity index (χ1) is 9.32. The Hall–Kier alpha value is -1.32. The molecule has 4 nitrogen and oxygen atoms in total. The maximum atomic E-state index is 6.11. The van der Waals surface area contributed by atoms with Gasteiger partial charge in [-0.15, -0.1) is 0 Å². The van der Waals surface area contributed by atoms with Crippen molar-refractivity contribution in [3.63, 3.8) is 0 Å². The molecule has 4 heteroatoms. The van der Waals surface area contributed by atoms with E-state index in [1.165, 1.54) is 19.3 Å². The van der Waals surface area contributed by atoms with E-state index in [0.29, 0.717) is 5.82 Å². The molecule has 2 rings (SSSR count). The normalized spacial score (nSPS) is 20.2. The summed E-state index contributed by atoms with van der Waals surface area (Å²) < 4.78 is 0. The molecular formula is C16H28N4. The molecule has 1 aromatic heterocycles. The van der Waals surface area contributed by atoms with Crippen LogP contribution in [0.1, 0.15) is 58.3 Å². The number of nitrogen functional groups attached to an aromatic ring is 1. The molecule has 0 aromatic carbocycles. The second-order valence-corrected chi connectivity index (χ2v) is 6.99. The van der Waals surface area contributed by atoms with Crippen LogP contribution in [-0.4, -0.2) is 23.1 Å². The molecule has 1 atom stereocenters. The predicted molar refractivity (Wildman–Crippen MR) is 85.1 cm³/mol. The monoisotopic (exact) mass is 276 g/mol. The summed E-state index contributed by atoms with van der Waals surface area (Å²) in [5, 5.41) is 0. The fourth-order valence-electron chi connectivity index (χ4n) is 2.76. The number of hydrogen-bond donors (Lipinski definition) is 1. The number of rotatable bonds is 2. The Morgan fingerprint density at radius 1 is 1.30 bits per heavy atom. The summed E-state index contributed by atoms with van der Waals surface area (Å²) in [5.41, 5.74) is 7.06. The highest BCUT2D eigenvalue weighted by molar-refractivity contribution is 5.57. The van der Waals surface area contributed by atoms with E-state index >= 15 is 0 Å². The average molecular weight is 276 g/mol. The highest BCUT2D eigenvalue weighted by Gasteiger charge is 2.25. The summed E-state index contributed by atoms with van der Waals surface area (Å²) in [6.45, 7) is 12.9. The Morgan fingerprint density at radius 3 is 2.60 bits per heavy atom. The van der Waals surface area contributed by atoms with E-state index < -0.39 is 0 Å². The maximum absolute atomic E-state index is 6.11. The van der Waals surface area contributed by atoms with Gasteiger partial charge >= 0.3 is 0 Å². The zero-order valence-electron chi connectivity index (χ0n) is 13.5. The van der Waals surface area contributed by atoms with Crippen LogP contribution in [0.3, 0.4) is 0 Å². The Morgan fingerprint density at radius 2 is 2.00 bits per heavy atom. The molecule has 0 bridgehead atoms. The van der Waals surface area contributed by atoms with Crippen molar-refractivity contribution in [2.24, 2.45) is 5.92 Å². The predicted octanol–water partition coefficient (Wildman–Crippen LogP) is 3.29. The molecule has 0 saturated carbocycles. The number of piperidine rings is 1. The van der Waals surface area contributed by atoms with Gasteiger partial charge in [0.25, 0.3) is 0 Å². The minimum absolute atomic E-state index is 0.0729. The minimum Gasteiger partial charge on any atom is -0.383 e. The lowest BCUT2D eigenvalue weighted by atomic mass is 9.94. The molecule has 1 saturated heterocycles. The molecule has 0 aliphatic carbocycles. The van der Waals surface area contributed by atoms with E-state index in [4.69, 9.17) is 10.7 Å². The number of hydrogen-bond acceptors (Lipinski definition) is 4. The first-order valence-electron chi connectivity index (χ1n) is 7.72. The lowest BCUT2D eigenvalue weighted by Gasteiger charge is -2.34. The summed E-state index contributed by atoms with van der Waals surface area (Å²) in [4.78, 5) is 11.7. The Balaban J connectivity index is 2.37. The van der Waals surface area contributed by atoms with Crippen LogP contribution in [0.15, 0.2) is 0 Å². The molecule has 1 unspecified atom stereocenters.